The molecule has 2 unspecified atom stereocenters. The van der Waals surface area contributed by atoms with E-state index in [0.29, 0.717) is 11.8 Å². The zero-order chi connectivity index (χ0) is 14.4. The highest BCUT2D eigenvalue weighted by Crippen LogP contribution is 2.28. The molecule has 2 heteroatoms. The fourth-order valence-corrected chi connectivity index (χ4v) is 3.09. The first-order chi connectivity index (χ1) is 9.68. The zero-order valence-electron chi connectivity index (χ0n) is 12.8. The van der Waals surface area contributed by atoms with Crippen molar-refractivity contribution in [1.29, 1.82) is 0 Å². The Balaban J connectivity index is 1.92. The lowest BCUT2D eigenvalue weighted by atomic mass is 9.89. The first-order valence-corrected chi connectivity index (χ1v) is 8.03. The Morgan fingerprint density at radius 3 is 2.35 bits per heavy atom. The molecule has 0 aliphatic heterocycles. The van der Waals surface area contributed by atoms with Gasteiger partial charge >= 0.3 is 0 Å². The maximum absolute atomic E-state index is 10.6. The monoisotopic (exact) mass is 276 g/mol. The third kappa shape index (κ3) is 4.32. The van der Waals surface area contributed by atoms with Crippen molar-refractivity contribution < 1.29 is 9.84 Å². The van der Waals surface area contributed by atoms with Crippen molar-refractivity contribution in [2.45, 2.75) is 58.2 Å². The molecule has 0 amide bonds. The van der Waals surface area contributed by atoms with Crippen molar-refractivity contribution in [3.05, 3.63) is 35.9 Å². The molecule has 2 atom stereocenters. The van der Waals surface area contributed by atoms with Crippen LogP contribution in [0.15, 0.2) is 30.3 Å². The third-order valence-electron chi connectivity index (χ3n) is 4.36. The van der Waals surface area contributed by atoms with Crippen LogP contribution in [0.3, 0.4) is 0 Å². The summed E-state index contributed by atoms with van der Waals surface area (Å²) >= 11 is 0. The van der Waals surface area contributed by atoms with Crippen molar-refractivity contribution in [3.8, 4) is 0 Å². The van der Waals surface area contributed by atoms with Crippen LogP contribution in [0.4, 0.5) is 0 Å². The summed E-state index contributed by atoms with van der Waals surface area (Å²) in [5, 5.41) is 10.6. The van der Waals surface area contributed by atoms with Gasteiger partial charge in [-0.3, -0.25) is 0 Å². The van der Waals surface area contributed by atoms with Gasteiger partial charge in [0.2, 0.25) is 0 Å². The SMILES string of the molecule is CC(C)C(OCC1CCCCC1)C(O)c1ccccc1. The molecule has 0 aromatic heterocycles. The van der Waals surface area contributed by atoms with Crippen molar-refractivity contribution >= 4 is 0 Å². The van der Waals surface area contributed by atoms with Crippen LogP contribution in [0.5, 0.6) is 0 Å². The van der Waals surface area contributed by atoms with E-state index in [1.54, 1.807) is 0 Å². The Kier molecular flexibility index (Phi) is 6.06. The minimum atomic E-state index is -0.528. The summed E-state index contributed by atoms with van der Waals surface area (Å²) in [7, 11) is 0. The second-order valence-corrected chi connectivity index (χ2v) is 6.40. The Hall–Kier alpha value is -0.860. The van der Waals surface area contributed by atoms with Crippen LogP contribution < -0.4 is 0 Å². The smallest absolute Gasteiger partial charge is 0.105 e. The van der Waals surface area contributed by atoms with Crippen molar-refractivity contribution in [2.75, 3.05) is 6.61 Å². The fraction of sp³-hybridized carbons (Fsp3) is 0.667. The molecule has 0 saturated heterocycles. The number of benzene rings is 1. The van der Waals surface area contributed by atoms with Gasteiger partial charge in [0.1, 0.15) is 6.10 Å². The molecule has 1 aliphatic rings. The molecular formula is C18H28O2. The average Bonchev–Trinajstić information content (AvgIpc) is 2.49. The van der Waals surface area contributed by atoms with Crippen LogP contribution in [0, 0.1) is 11.8 Å². The summed E-state index contributed by atoms with van der Waals surface area (Å²) in [5.41, 5.74) is 0.954. The van der Waals surface area contributed by atoms with E-state index in [4.69, 9.17) is 4.74 Å². The largest absolute Gasteiger partial charge is 0.386 e. The molecule has 1 saturated carbocycles. The van der Waals surface area contributed by atoms with E-state index in [-0.39, 0.29) is 6.10 Å². The van der Waals surface area contributed by atoms with E-state index in [9.17, 15) is 5.11 Å². The summed E-state index contributed by atoms with van der Waals surface area (Å²) in [4.78, 5) is 0. The van der Waals surface area contributed by atoms with E-state index < -0.39 is 6.10 Å². The Morgan fingerprint density at radius 2 is 1.75 bits per heavy atom. The van der Waals surface area contributed by atoms with Gasteiger partial charge in [-0.1, -0.05) is 63.4 Å². The highest BCUT2D eigenvalue weighted by atomic mass is 16.5. The lowest BCUT2D eigenvalue weighted by Crippen LogP contribution is -2.30. The van der Waals surface area contributed by atoms with Crippen LogP contribution >= 0.6 is 0 Å². The number of ether oxygens (including phenoxy) is 1. The molecule has 1 fully saturated rings. The van der Waals surface area contributed by atoms with Crippen LogP contribution in [-0.2, 0) is 4.74 Å². The Labute approximate surface area is 123 Å². The number of aliphatic hydroxyl groups is 1. The van der Waals surface area contributed by atoms with Gasteiger partial charge in [0.05, 0.1) is 6.10 Å². The maximum atomic E-state index is 10.6. The highest BCUT2D eigenvalue weighted by Gasteiger charge is 2.26. The lowest BCUT2D eigenvalue weighted by molar-refractivity contribution is -0.0768. The molecule has 2 rings (SSSR count). The summed E-state index contributed by atoms with van der Waals surface area (Å²) < 4.78 is 6.11. The van der Waals surface area contributed by atoms with Crippen molar-refractivity contribution in [3.63, 3.8) is 0 Å². The van der Waals surface area contributed by atoms with E-state index in [2.05, 4.69) is 13.8 Å². The first kappa shape index (κ1) is 15.5. The van der Waals surface area contributed by atoms with E-state index in [0.717, 1.165) is 12.2 Å². The molecule has 1 aliphatic carbocycles. The molecule has 2 nitrogen and oxygen atoms in total. The topological polar surface area (TPSA) is 29.5 Å². The predicted molar refractivity (Wildman–Crippen MR) is 82.6 cm³/mol. The summed E-state index contributed by atoms with van der Waals surface area (Å²) in [6.07, 6.45) is 5.97. The molecule has 1 aromatic carbocycles. The molecular weight excluding hydrogens is 248 g/mol. The molecule has 0 heterocycles. The lowest BCUT2D eigenvalue weighted by Gasteiger charge is -2.30. The van der Waals surface area contributed by atoms with Gasteiger partial charge < -0.3 is 9.84 Å². The van der Waals surface area contributed by atoms with Crippen molar-refractivity contribution in [2.24, 2.45) is 11.8 Å². The highest BCUT2D eigenvalue weighted by molar-refractivity contribution is 5.18. The fourth-order valence-electron chi connectivity index (χ4n) is 3.09. The zero-order valence-corrected chi connectivity index (χ0v) is 12.8. The van der Waals surface area contributed by atoms with E-state index in [1.165, 1.54) is 32.1 Å². The molecule has 112 valence electrons. The Morgan fingerprint density at radius 1 is 1.10 bits per heavy atom. The third-order valence-corrected chi connectivity index (χ3v) is 4.36. The van der Waals surface area contributed by atoms with Gasteiger partial charge in [0.25, 0.3) is 0 Å². The van der Waals surface area contributed by atoms with Gasteiger partial charge in [0.15, 0.2) is 0 Å². The minimum absolute atomic E-state index is 0.112. The molecule has 0 bridgehead atoms. The second kappa shape index (κ2) is 7.80. The van der Waals surface area contributed by atoms with Gasteiger partial charge in [-0.25, -0.2) is 0 Å². The summed E-state index contributed by atoms with van der Waals surface area (Å²) in [6, 6.07) is 9.87. The Bertz CT molecular complexity index is 368. The van der Waals surface area contributed by atoms with E-state index in [1.807, 2.05) is 30.3 Å². The molecule has 0 spiro atoms. The van der Waals surface area contributed by atoms with Gasteiger partial charge in [0, 0.05) is 6.61 Å². The van der Waals surface area contributed by atoms with Crippen molar-refractivity contribution in [1.82, 2.24) is 0 Å². The average molecular weight is 276 g/mol. The van der Waals surface area contributed by atoms with Crippen LogP contribution in [0.1, 0.15) is 57.6 Å². The summed E-state index contributed by atoms with van der Waals surface area (Å²) in [5.74, 6) is 1.00. The second-order valence-electron chi connectivity index (χ2n) is 6.40. The predicted octanol–water partition coefficient (Wildman–Crippen LogP) is 4.34. The molecule has 1 aromatic rings. The maximum Gasteiger partial charge on any atom is 0.105 e. The normalized spacial score (nSPS) is 20.0. The van der Waals surface area contributed by atoms with E-state index >= 15 is 0 Å². The van der Waals surface area contributed by atoms with Gasteiger partial charge in [-0.15, -0.1) is 0 Å². The van der Waals surface area contributed by atoms with Crippen LogP contribution in [0.2, 0.25) is 0 Å². The number of hydrogen-bond donors (Lipinski definition) is 1. The standard InChI is InChI=1S/C18H28O2/c1-14(2)18(17(19)16-11-7-4-8-12-16)20-13-15-9-5-3-6-10-15/h4,7-8,11-12,14-15,17-19H,3,5-6,9-10,13H2,1-2H3. The van der Waals surface area contributed by atoms with Gasteiger partial charge in [-0.2, -0.15) is 0 Å². The number of hydrogen-bond acceptors (Lipinski definition) is 2. The van der Waals surface area contributed by atoms with Crippen LogP contribution in [-0.4, -0.2) is 17.8 Å². The number of rotatable bonds is 6. The molecule has 0 radical (unpaired) electrons. The quantitative estimate of drug-likeness (QED) is 0.837. The molecule has 20 heavy (non-hydrogen) atoms. The van der Waals surface area contributed by atoms with Crippen LogP contribution in [0.25, 0.3) is 0 Å². The first-order valence-electron chi connectivity index (χ1n) is 8.03. The number of aliphatic hydroxyl groups excluding tert-OH is 1. The minimum Gasteiger partial charge on any atom is -0.386 e. The van der Waals surface area contributed by atoms with Gasteiger partial charge in [-0.05, 0) is 30.2 Å². The summed E-state index contributed by atoms with van der Waals surface area (Å²) in [6.45, 7) is 5.04. The molecule has 1 N–H and O–H groups in total.